The molecule has 3 rings (SSSR count). The zero-order chi connectivity index (χ0) is 29.6. The van der Waals surface area contributed by atoms with Gasteiger partial charge in [0.05, 0.1) is 0 Å². The lowest BCUT2D eigenvalue weighted by Crippen LogP contribution is -2.12. The van der Waals surface area contributed by atoms with Gasteiger partial charge in [0.15, 0.2) is 0 Å². The van der Waals surface area contributed by atoms with Crippen molar-refractivity contribution < 1.29 is 32.9 Å². The molecule has 41 heavy (non-hydrogen) atoms. The molecule has 0 radical (unpaired) electrons. The molecule has 0 heterocycles. The Kier molecular flexibility index (Phi) is 11.7. The minimum atomic E-state index is -0.458. The van der Waals surface area contributed by atoms with Crippen molar-refractivity contribution in [2.24, 2.45) is 0 Å². The summed E-state index contributed by atoms with van der Waals surface area (Å²) in [6.45, 7) is 10.9. The second-order valence-corrected chi connectivity index (χ2v) is 9.09. The molecule has 0 fully saturated rings. The van der Waals surface area contributed by atoms with Crippen molar-refractivity contribution in [3.63, 3.8) is 0 Å². The summed E-state index contributed by atoms with van der Waals surface area (Å²) in [5, 5.41) is 0. The Morgan fingerprint density at radius 3 is 1.95 bits per heavy atom. The number of ether oxygens (including phenoxy) is 4. The maximum Gasteiger partial charge on any atom is 0.333 e. The van der Waals surface area contributed by atoms with Gasteiger partial charge in [0, 0.05) is 22.3 Å². The molecule has 0 unspecified atom stereocenters. The number of hydrogen-bond donors (Lipinski definition) is 0. The molecular formula is C34H33FO6. The highest BCUT2D eigenvalue weighted by molar-refractivity contribution is 5.87. The molecule has 7 heteroatoms. The van der Waals surface area contributed by atoms with Crippen molar-refractivity contribution in [3.05, 3.63) is 119 Å². The molecule has 0 saturated heterocycles. The average molecular weight is 557 g/mol. The van der Waals surface area contributed by atoms with Gasteiger partial charge in [-0.3, -0.25) is 0 Å². The Morgan fingerprint density at radius 1 is 0.683 bits per heavy atom. The molecule has 0 aromatic heterocycles. The average Bonchev–Trinajstić information content (AvgIpc) is 2.96. The van der Waals surface area contributed by atoms with Crippen molar-refractivity contribution in [1.29, 1.82) is 0 Å². The lowest BCUT2D eigenvalue weighted by atomic mass is 10.1. The van der Waals surface area contributed by atoms with E-state index in [4.69, 9.17) is 18.9 Å². The summed E-state index contributed by atoms with van der Waals surface area (Å²) in [6, 6.07) is 19.7. The second-order valence-electron chi connectivity index (χ2n) is 9.09. The number of benzene rings is 3. The SMILES string of the molecule is C=C(C)C(=O)OCCOc1cccc(/C=C/c2ccc(/C=C/c3ccccc3OCCOC(=O)C(=C)C)cc2F)c1. The first-order valence-corrected chi connectivity index (χ1v) is 13.0. The second kappa shape index (κ2) is 15.6. The van der Waals surface area contributed by atoms with E-state index in [1.54, 1.807) is 44.2 Å². The third-order valence-electron chi connectivity index (χ3n) is 5.57. The molecule has 0 aliphatic carbocycles. The fraction of sp³-hybridized carbons (Fsp3) is 0.176. The Morgan fingerprint density at radius 2 is 1.29 bits per heavy atom. The van der Waals surface area contributed by atoms with Gasteiger partial charge in [-0.2, -0.15) is 0 Å². The summed E-state index contributed by atoms with van der Waals surface area (Å²) in [7, 11) is 0. The van der Waals surface area contributed by atoms with Crippen LogP contribution >= 0.6 is 0 Å². The summed E-state index contributed by atoms with van der Waals surface area (Å²) >= 11 is 0. The van der Waals surface area contributed by atoms with Gasteiger partial charge in [-0.25, -0.2) is 14.0 Å². The van der Waals surface area contributed by atoms with Crippen LogP contribution < -0.4 is 9.47 Å². The first-order chi connectivity index (χ1) is 19.7. The van der Waals surface area contributed by atoms with Gasteiger partial charge in [0.1, 0.15) is 43.7 Å². The van der Waals surface area contributed by atoms with Crippen molar-refractivity contribution in [2.75, 3.05) is 26.4 Å². The van der Waals surface area contributed by atoms with Gasteiger partial charge in [0.25, 0.3) is 0 Å². The van der Waals surface area contributed by atoms with Crippen LogP contribution in [0, 0.1) is 5.82 Å². The lowest BCUT2D eigenvalue weighted by molar-refractivity contribution is -0.140. The Hall–Kier alpha value is -4.91. The van der Waals surface area contributed by atoms with E-state index >= 15 is 0 Å². The summed E-state index contributed by atoms with van der Waals surface area (Å²) in [5.41, 5.74) is 3.43. The Bertz CT molecular complexity index is 1450. The van der Waals surface area contributed by atoms with Gasteiger partial charge < -0.3 is 18.9 Å². The third kappa shape index (κ3) is 10.3. The lowest BCUT2D eigenvalue weighted by Gasteiger charge is -2.10. The van der Waals surface area contributed by atoms with E-state index < -0.39 is 11.9 Å². The normalized spacial score (nSPS) is 10.9. The molecule has 0 atom stereocenters. The van der Waals surface area contributed by atoms with E-state index in [-0.39, 0.29) is 32.2 Å². The fourth-order valence-corrected chi connectivity index (χ4v) is 3.44. The van der Waals surface area contributed by atoms with Gasteiger partial charge in [-0.1, -0.05) is 79.9 Å². The zero-order valence-electron chi connectivity index (χ0n) is 23.2. The van der Waals surface area contributed by atoms with Crippen LogP contribution in [-0.2, 0) is 19.1 Å². The highest BCUT2D eigenvalue weighted by Gasteiger charge is 2.06. The molecule has 212 valence electrons. The van der Waals surface area contributed by atoms with Crippen molar-refractivity contribution >= 4 is 36.2 Å². The first-order valence-electron chi connectivity index (χ1n) is 13.0. The molecule has 0 N–H and O–H groups in total. The van der Waals surface area contributed by atoms with E-state index in [9.17, 15) is 14.0 Å². The van der Waals surface area contributed by atoms with Crippen molar-refractivity contribution in [2.45, 2.75) is 13.8 Å². The monoisotopic (exact) mass is 556 g/mol. The number of halogens is 1. The van der Waals surface area contributed by atoms with Crippen LogP contribution in [0.4, 0.5) is 4.39 Å². The summed E-state index contributed by atoms with van der Waals surface area (Å²) < 4.78 is 36.3. The molecule has 6 nitrogen and oxygen atoms in total. The number of para-hydroxylation sites is 1. The zero-order valence-corrected chi connectivity index (χ0v) is 23.2. The maximum atomic E-state index is 14.9. The summed E-state index contributed by atoms with van der Waals surface area (Å²) in [4.78, 5) is 22.9. The number of carbonyl (C=O) groups is 2. The van der Waals surface area contributed by atoms with Crippen LogP contribution in [-0.4, -0.2) is 38.4 Å². The number of esters is 2. The van der Waals surface area contributed by atoms with Gasteiger partial charge in [0.2, 0.25) is 0 Å². The highest BCUT2D eigenvalue weighted by atomic mass is 19.1. The molecule has 0 aliphatic rings. The summed E-state index contributed by atoms with van der Waals surface area (Å²) in [5.74, 6) is -0.0476. The number of hydrogen-bond acceptors (Lipinski definition) is 6. The van der Waals surface area contributed by atoms with Crippen LogP contribution in [0.25, 0.3) is 24.3 Å². The topological polar surface area (TPSA) is 71.1 Å². The van der Waals surface area contributed by atoms with Crippen LogP contribution in [0.3, 0.4) is 0 Å². The molecule has 0 amide bonds. The van der Waals surface area contributed by atoms with Crippen molar-refractivity contribution in [1.82, 2.24) is 0 Å². The van der Waals surface area contributed by atoms with Gasteiger partial charge in [-0.05, 0) is 49.2 Å². The number of rotatable bonds is 14. The Labute approximate surface area is 240 Å². The molecule has 0 bridgehead atoms. The van der Waals surface area contributed by atoms with E-state index in [2.05, 4.69) is 13.2 Å². The molecule has 0 saturated carbocycles. The standard InChI is InChI=1S/C34H33FO6/c1-24(2)33(36)40-20-18-38-30-10-7-8-26(22-30)12-15-28-16-13-27(23-31(28)35)14-17-29-9-5-6-11-32(29)39-19-21-41-34(37)25(3)4/h5-17,22-23H,1,3,18-21H2,2,4H3/b15-12+,17-14+. The third-order valence-corrected chi connectivity index (χ3v) is 5.57. The van der Waals surface area contributed by atoms with Gasteiger partial charge in [-0.15, -0.1) is 0 Å². The molecule has 3 aromatic rings. The molecule has 0 spiro atoms. The fourth-order valence-electron chi connectivity index (χ4n) is 3.44. The Balaban J connectivity index is 1.57. The molecule has 3 aromatic carbocycles. The predicted octanol–water partition coefficient (Wildman–Crippen LogP) is 7.16. The van der Waals surface area contributed by atoms with Crippen LogP contribution in [0.1, 0.15) is 36.1 Å². The van der Waals surface area contributed by atoms with E-state index in [1.807, 2.05) is 54.6 Å². The first kappa shape index (κ1) is 30.6. The smallest absolute Gasteiger partial charge is 0.333 e. The van der Waals surface area contributed by atoms with E-state index in [0.29, 0.717) is 33.8 Å². The maximum absolute atomic E-state index is 14.9. The minimum absolute atomic E-state index is 0.105. The van der Waals surface area contributed by atoms with E-state index in [1.165, 1.54) is 6.07 Å². The largest absolute Gasteiger partial charge is 0.490 e. The highest BCUT2D eigenvalue weighted by Crippen LogP contribution is 2.22. The molecule has 0 aliphatic heterocycles. The predicted molar refractivity (Wildman–Crippen MR) is 160 cm³/mol. The van der Waals surface area contributed by atoms with Crippen LogP contribution in [0.15, 0.2) is 91.0 Å². The number of carbonyl (C=O) groups excluding carboxylic acids is 2. The van der Waals surface area contributed by atoms with Crippen molar-refractivity contribution in [3.8, 4) is 11.5 Å². The summed E-state index contributed by atoms with van der Waals surface area (Å²) in [6.07, 6.45) is 7.13. The minimum Gasteiger partial charge on any atom is -0.490 e. The quantitative estimate of drug-likeness (QED) is 0.0908. The van der Waals surface area contributed by atoms with Gasteiger partial charge >= 0.3 is 11.9 Å². The van der Waals surface area contributed by atoms with E-state index in [0.717, 1.165) is 11.1 Å². The molecular weight excluding hydrogens is 523 g/mol. The van der Waals surface area contributed by atoms with Crippen LogP contribution in [0.2, 0.25) is 0 Å². The van der Waals surface area contributed by atoms with Crippen LogP contribution in [0.5, 0.6) is 11.5 Å².